The standard InChI is InChI=1S/C32H41N5O4.2ClH/c1-21(2)41-31-27(30(39-4)34-32(35-31)40-5)19-36-18-26-16-25(33-22(3)38)17-37(26)28(20-36)29(23-12-8-6-9-13-23)24-14-10-7-11-15-24;;/h6-15,21,25-26,28-29H,16-20H2,1-5H3,(H,33,38);2*1H/t25-,26+,28+;;/m1../s1. The van der Waals surface area contributed by atoms with Crippen molar-refractivity contribution in [2.75, 3.05) is 33.9 Å². The van der Waals surface area contributed by atoms with Crippen LogP contribution >= 0.6 is 24.8 Å². The van der Waals surface area contributed by atoms with Crippen LogP contribution < -0.4 is 19.5 Å². The maximum absolute atomic E-state index is 12.0. The van der Waals surface area contributed by atoms with Crippen molar-refractivity contribution in [1.82, 2.24) is 25.1 Å². The first-order valence-electron chi connectivity index (χ1n) is 14.4. The minimum atomic E-state index is -0.0727. The van der Waals surface area contributed by atoms with E-state index in [9.17, 15) is 4.79 Å². The van der Waals surface area contributed by atoms with Crippen LogP contribution in [-0.2, 0) is 11.3 Å². The number of nitrogens with one attached hydrogen (secondary N) is 1. The van der Waals surface area contributed by atoms with E-state index >= 15 is 0 Å². The normalized spacial score (nSPS) is 20.1. The highest BCUT2D eigenvalue weighted by Crippen LogP contribution is 2.39. The van der Waals surface area contributed by atoms with E-state index in [1.54, 1.807) is 14.0 Å². The van der Waals surface area contributed by atoms with E-state index in [0.717, 1.165) is 31.6 Å². The van der Waals surface area contributed by atoms with Gasteiger partial charge in [-0.3, -0.25) is 14.6 Å². The molecule has 234 valence electrons. The lowest BCUT2D eigenvalue weighted by Gasteiger charge is -2.47. The first-order chi connectivity index (χ1) is 19.9. The van der Waals surface area contributed by atoms with Crippen molar-refractivity contribution in [2.45, 2.75) is 63.9 Å². The van der Waals surface area contributed by atoms with Crippen LogP contribution in [0.1, 0.15) is 49.8 Å². The molecule has 0 aliphatic carbocycles. The topological polar surface area (TPSA) is 89.1 Å². The summed E-state index contributed by atoms with van der Waals surface area (Å²) in [5.41, 5.74) is 3.37. The molecule has 0 saturated carbocycles. The number of nitrogens with zero attached hydrogens (tertiary/aromatic N) is 4. The van der Waals surface area contributed by atoms with Crippen LogP contribution in [0.2, 0.25) is 0 Å². The van der Waals surface area contributed by atoms with E-state index in [2.05, 4.69) is 85.7 Å². The molecule has 0 bridgehead atoms. The number of aromatic nitrogens is 2. The molecule has 3 aromatic rings. The van der Waals surface area contributed by atoms with Gasteiger partial charge in [0.25, 0.3) is 0 Å². The van der Waals surface area contributed by atoms with Crippen molar-refractivity contribution in [1.29, 1.82) is 0 Å². The van der Waals surface area contributed by atoms with Crippen molar-refractivity contribution in [3.63, 3.8) is 0 Å². The largest absolute Gasteiger partial charge is 0.481 e. The minimum Gasteiger partial charge on any atom is -0.481 e. The molecule has 0 spiro atoms. The molecule has 3 heterocycles. The molecule has 1 aromatic heterocycles. The molecule has 2 saturated heterocycles. The second kappa shape index (κ2) is 15.6. The molecule has 2 aliphatic rings. The van der Waals surface area contributed by atoms with E-state index < -0.39 is 0 Å². The Bertz CT molecular complexity index is 1280. The highest BCUT2D eigenvalue weighted by molar-refractivity contribution is 5.85. The van der Waals surface area contributed by atoms with Crippen molar-refractivity contribution in [2.24, 2.45) is 0 Å². The molecule has 1 N–H and O–H groups in total. The summed E-state index contributed by atoms with van der Waals surface area (Å²) in [5, 5.41) is 3.19. The fraction of sp³-hybridized carbons (Fsp3) is 0.469. The smallest absolute Gasteiger partial charge is 0.322 e. The maximum atomic E-state index is 12.0. The number of fused-ring (bicyclic) bond motifs is 1. The predicted octanol–water partition coefficient (Wildman–Crippen LogP) is 4.72. The van der Waals surface area contributed by atoms with E-state index in [1.807, 2.05) is 13.8 Å². The average Bonchev–Trinajstić information content (AvgIpc) is 3.36. The van der Waals surface area contributed by atoms with Crippen LogP contribution in [0.25, 0.3) is 0 Å². The van der Waals surface area contributed by atoms with Gasteiger partial charge in [0.2, 0.25) is 17.7 Å². The zero-order valence-electron chi connectivity index (χ0n) is 25.4. The van der Waals surface area contributed by atoms with Crippen molar-refractivity contribution < 1.29 is 19.0 Å². The summed E-state index contributed by atoms with van der Waals surface area (Å²) >= 11 is 0. The Morgan fingerprint density at radius 3 is 2.05 bits per heavy atom. The number of hydrogen-bond acceptors (Lipinski definition) is 8. The number of methoxy groups -OCH3 is 2. The number of rotatable bonds is 10. The second-order valence-electron chi connectivity index (χ2n) is 11.2. The van der Waals surface area contributed by atoms with E-state index in [0.29, 0.717) is 18.3 Å². The van der Waals surface area contributed by atoms with Crippen LogP contribution in [0, 0.1) is 0 Å². The van der Waals surface area contributed by atoms with Gasteiger partial charge < -0.3 is 19.5 Å². The van der Waals surface area contributed by atoms with E-state index in [-0.39, 0.29) is 66.9 Å². The highest BCUT2D eigenvalue weighted by atomic mass is 35.5. The molecular formula is C32H43Cl2N5O4. The summed E-state index contributed by atoms with van der Waals surface area (Å²) in [6.07, 6.45) is 0.825. The van der Waals surface area contributed by atoms with Gasteiger partial charge in [0, 0.05) is 57.1 Å². The van der Waals surface area contributed by atoms with Gasteiger partial charge in [-0.15, -0.1) is 24.8 Å². The number of amides is 1. The molecule has 9 nitrogen and oxygen atoms in total. The average molecular weight is 633 g/mol. The number of benzene rings is 2. The Morgan fingerprint density at radius 2 is 1.51 bits per heavy atom. The van der Waals surface area contributed by atoms with Gasteiger partial charge in [0.05, 0.1) is 25.9 Å². The Kier molecular flexibility index (Phi) is 12.4. The number of piperazine rings is 1. The van der Waals surface area contributed by atoms with Crippen LogP contribution in [0.3, 0.4) is 0 Å². The fourth-order valence-electron chi connectivity index (χ4n) is 6.41. The molecule has 2 aliphatic heterocycles. The minimum absolute atomic E-state index is 0. The van der Waals surface area contributed by atoms with E-state index in [1.165, 1.54) is 18.2 Å². The monoisotopic (exact) mass is 631 g/mol. The molecule has 5 rings (SSSR count). The number of halogens is 2. The van der Waals surface area contributed by atoms with Gasteiger partial charge in [-0.25, -0.2) is 0 Å². The van der Waals surface area contributed by atoms with Gasteiger partial charge in [-0.2, -0.15) is 9.97 Å². The summed E-state index contributed by atoms with van der Waals surface area (Å²) in [7, 11) is 3.15. The third-order valence-electron chi connectivity index (χ3n) is 7.92. The zero-order valence-corrected chi connectivity index (χ0v) is 27.1. The van der Waals surface area contributed by atoms with Gasteiger partial charge in [0.1, 0.15) is 0 Å². The molecule has 0 unspecified atom stereocenters. The van der Waals surface area contributed by atoms with Gasteiger partial charge in [-0.05, 0) is 31.4 Å². The molecular weight excluding hydrogens is 589 g/mol. The van der Waals surface area contributed by atoms with E-state index in [4.69, 9.17) is 14.2 Å². The summed E-state index contributed by atoms with van der Waals surface area (Å²) in [4.78, 5) is 26.1. The highest BCUT2D eigenvalue weighted by Gasteiger charge is 2.45. The second-order valence-corrected chi connectivity index (χ2v) is 11.2. The Hall–Kier alpha value is -3.11. The number of carbonyl (C=O) groups excluding carboxylic acids is 1. The summed E-state index contributed by atoms with van der Waals surface area (Å²) in [6, 6.07) is 22.3. The first kappa shape index (κ1) is 34.4. The molecule has 11 heteroatoms. The van der Waals surface area contributed by atoms with Crippen LogP contribution in [-0.4, -0.2) is 83.8 Å². The Balaban J connectivity index is 0.00000253. The van der Waals surface area contributed by atoms with Gasteiger partial charge in [-0.1, -0.05) is 60.7 Å². The number of hydrogen-bond donors (Lipinski definition) is 1. The molecule has 43 heavy (non-hydrogen) atoms. The van der Waals surface area contributed by atoms with Crippen LogP contribution in [0.4, 0.5) is 0 Å². The molecule has 3 atom stereocenters. The summed E-state index contributed by atoms with van der Waals surface area (Å²) in [5.74, 6) is 1.10. The van der Waals surface area contributed by atoms with Crippen LogP contribution in [0.5, 0.6) is 17.8 Å². The Morgan fingerprint density at radius 1 is 0.907 bits per heavy atom. The quantitative estimate of drug-likeness (QED) is 0.344. The van der Waals surface area contributed by atoms with Gasteiger partial charge >= 0.3 is 6.01 Å². The lowest BCUT2D eigenvalue weighted by atomic mass is 9.82. The fourth-order valence-corrected chi connectivity index (χ4v) is 6.41. The molecule has 2 aromatic carbocycles. The Labute approximate surface area is 267 Å². The third-order valence-corrected chi connectivity index (χ3v) is 7.92. The lowest BCUT2D eigenvalue weighted by molar-refractivity contribution is -0.119. The summed E-state index contributed by atoms with van der Waals surface area (Å²) < 4.78 is 17.2. The molecule has 1 amide bonds. The lowest BCUT2D eigenvalue weighted by Crippen LogP contribution is -2.58. The summed E-state index contributed by atoms with van der Waals surface area (Å²) in [6.45, 7) is 8.61. The number of carbonyl (C=O) groups is 1. The predicted molar refractivity (Wildman–Crippen MR) is 172 cm³/mol. The first-order valence-corrected chi connectivity index (χ1v) is 14.4. The van der Waals surface area contributed by atoms with Gasteiger partial charge in [0.15, 0.2) is 0 Å². The van der Waals surface area contributed by atoms with Crippen molar-refractivity contribution in [3.8, 4) is 17.8 Å². The maximum Gasteiger partial charge on any atom is 0.322 e. The number of ether oxygens (including phenoxy) is 3. The van der Waals surface area contributed by atoms with Crippen molar-refractivity contribution >= 4 is 30.7 Å². The molecule has 2 fully saturated rings. The zero-order chi connectivity index (χ0) is 28.9. The van der Waals surface area contributed by atoms with Crippen molar-refractivity contribution in [3.05, 3.63) is 77.4 Å². The molecule has 0 radical (unpaired) electrons. The third kappa shape index (κ3) is 8.09. The van der Waals surface area contributed by atoms with Crippen LogP contribution in [0.15, 0.2) is 60.7 Å². The SMILES string of the molecule is COc1nc(OC)c(CN2C[C@@H]3C[C@@H](NC(C)=O)CN3[C@H](C(c3ccccc3)c3ccccc3)C2)c(OC(C)C)n1.Cl.Cl.